The van der Waals surface area contributed by atoms with Gasteiger partial charge in [0.15, 0.2) is 0 Å². The van der Waals surface area contributed by atoms with Gasteiger partial charge in [-0.3, -0.25) is 9.78 Å². The average Bonchev–Trinajstić information content (AvgIpc) is 2.29. The maximum Gasteiger partial charge on any atom is 0.211 e. The molecule has 0 saturated carbocycles. The zero-order valence-electron chi connectivity index (χ0n) is 8.47. The van der Waals surface area contributed by atoms with Gasteiger partial charge in [-0.2, -0.15) is 0 Å². The first-order valence-corrected chi connectivity index (χ1v) is 4.70. The number of phenolic OH excluding ortho intramolecular Hbond substituents is 1. The Balaban J connectivity index is 2.70. The van der Waals surface area contributed by atoms with E-state index in [0.29, 0.717) is 28.6 Å². The van der Waals surface area contributed by atoms with Crippen LogP contribution in [0.3, 0.4) is 0 Å². The molecule has 0 aliphatic heterocycles. The van der Waals surface area contributed by atoms with Gasteiger partial charge < -0.3 is 10.4 Å². The largest absolute Gasteiger partial charge is 0.507 e. The fraction of sp³-hybridized carbons (Fsp3) is 0. The van der Waals surface area contributed by atoms with E-state index in [1.165, 1.54) is 0 Å². The molecule has 0 unspecified atom stereocenters. The Morgan fingerprint density at radius 1 is 1.44 bits per heavy atom. The van der Waals surface area contributed by atoms with Crippen LogP contribution in [0.5, 0.6) is 5.75 Å². The van der Waals surface area contributed by atoms with Gasteiger partial charge in [0, 0.05) is 17.5 Å². The van der Waals surface area contributed by atoms with E-state index in [2.05, 4.69) is 16.9 Å². The third-order valence-corrected chi connectivity index (χ3v) is 2.30. The normalized spacial score (nSPS) is 10.0. The predicted octanol–water partition coefficient (Wildman–Crippen LogP) is 1.66. The number of benzene rings is 1. The maximum atomic E-state index is 10.4. The summed E-state index contributed by atoms with van der Waals surface area (Å²) < 4.78 is 0. The van der Waals surface area contributed by atoms with Crippen LogP contribution >= 0.6 is 0 Å². The Morgan fingerprint density at radius 2 is 2.25 bits per heavy atom. The van der Waals surface area contributed by atoms with E-state index in [1.807, 2.05) is 0 Å². The number of aromatic hydroxyl groups is 1. The molecule has 1 amide bonds. The summed E-state index contributed by atoms with van der Waals surface area (Å²) in [6.45, 7) is 3.72. The van der Waals surface area contributed by atoms with Crippen molar-refractivity contribution in [3.8, 4) is 5.75 Å². The highest BCUT2D eigenvalue weighted by molar-refractivity contribution is 5.96. The molecule has 0 aliphatic rings. The van der Waals surface area contributed by atoms with E-state index in [-0.39, 0.29) is 5.75 Å². The summed E-state index contributed by atoms with van der Waals surface area (Å²) in [7, 11) is 0. The summed E-state index contributed by atoms with van der Waals surface area (Å²) in [5.74, 6) is 0.120. The van der Waals surface area contributed by atoms with Crippen LogP contribution in [0.2, 0.25) is 0 Å². The predicted molar refractivity (Wildman–Crippen MR) is 61.6 cm³/mol. The minimum atomic E-state index is 0.120. The molecular weight excluding hydrogens is 204 g/mol. The molecule has 4 heteroatoms. The van der Waals surface area contributed by atoms with E-state index >= 15 is 0 Å². The molecule has 0 aliphatic carbocycles. The Hall–Kier alpha value is -2.36. The number of amides is 1. The number of hydrogen-bond donors (Lipinski definition) is 2. The third kappa shape index (κ3) is 1.61. The van der Waals surface area contributed by atoms with E-state index in [4.69, 9.17) is 0 Å². The van der Waals surface area contributed by atoms with Crippen LogP contribution in [-0.2, 0) is 4.79 Å². The molecular formula is C12H10N2O2. The molecule has 0 atom stereocenters. The van der Waals surface area contributed by atoms with Crippen molar-refractivity contribution in [2.75, 3.05) is 0 Å². The van der Waals surface area contributed by atoms with Crippen molar-refractivity contribution in [1.29, 1.82) is 0 Å². The highest BCUT2D eigenvalue weighted by Gasteiger charge is 2.08. The second-order valence-corrected chi connectivity index (χ2v) is 3.27. The minimum Gasteiger partial charge on any atom is -0.507 e. The first kappa shape index (κ1) is 10.2. The summed E-state index contributed by atoms with van der Waals surface area (Å²) in [4.78, 5) is 14.5. The average molecular weight is 214 g/mol. The fourth-order valence-electron chi connectivity index (χ4n) is 1.59. The van der Waals surface area contributed by atoms with Crippen LogP contribution < -0.4 is 5.32 Å². The lowest BCUT2D eigenvalue weighted by atomic mass is 10.1. The zero-order valence-corrected chi connectivity index (χ0v) is 8.47. The van der Waals surface area contributed by atoms with E-state index in [0.717, 1.165) is 0 Å². The fourth-order valence-corrected chi connectivity index (χ4v) is 1.59. The van der Waals surface area contributed by atoms with Gasteiger partial charge in [-0.05, 0) is 18.2 Å². The summed E-state index contributed by atoms with van der Waals surface area (Å²) in [5, 5.41) is 12.8. The molecule has 1 heterocycles. The van der Waals surface area contributed by atoms with Crippen molar-refractivity contribution >= 4 is 23.0 Å². The molecule has 16 heavy (non-hydrogen) atoms. The van der Waals surface area contributed by atoms with Gasteiger partial charge >= 0.3 is 0 Å². The van der Waals surface area contributed by atoms with Crippen molar-refractivity contribution in [3.63, 3.8) is 0 Å². The number of carbonyl (C=O) groups excluding carboxylic acids is 1. The quantitative estimate of drug-likeness (QED) is 0.764. The molecule has 0 fully saturated rings. The number of pyridine rings is 1. The SMILES string of the molecule is C=C(NC=O)c1ccnc2cccc(O)c12. The third-order valence-electron chi connectivity index (χ3n) is 2.30. The lowest BCUT2D eigenvalue weighted by molar-refractivity contribution is -0.108. The van der Waals surface area contributed by atoms with Crippen molar-refractivity contribution in [1.82, 2.24) is 10.3 Å². The van der Waals surface area contributed by atoms with Gasteiger partial charge in [-0.1, -0.05) is 12.6 Å². The van der Waals surface area contributed by atoms with E-state index < -0.39 is 0 Å². The van der Waals surface area contributed by atoms with Gasteiger partial charge in [-0.15, -0.1) is 0 Å². The van der Waals surface area contributed by atoms with Crippen LogP contribution in [-0.4, -0.2) is 16.5 Å². The van der Waals surface area contributed by atoms with Crippen molar-refractivity contribution in [3.05, 3.63) is 42.6 Å². The minimum absolute atomic E-state index is 0.120. The Labute approximate surface area is 92.2 Å². The molecule has 4 nitrogen and oxygen atoms in total. The molecule has 0 radical (unpaired) electrons. The molecule has 2 rings (SSSR count). The summed E-state index contributed by atoms with van der Waals surface area (Å²) >= 11 is 0. The lowest BCUT2D eigenvalue weighted by Gasteiger charge is -2.08. The second-order valence-electron chi connectivity index (χ2n) is 3.27. The molecule has 0 bridgehead atoms. The number of phenols is 1. The van der Waals surface area contributed by atoms with Crippen molar-refractivity contribution < 1.29 is 9.90 Å². The van der Waals surface area contributed by atoms with Crippen LogP contribution in [0.25, 0.3) is 16.6 Å². The number of fused-ring (bicyclic) bond motifs is 1. The van der Waals surface area contributed by atoms with Crippen LogP contribution in [0.15, 0.2) is 37.0 Å². The lowest BCUT2D eigenvalue weighted by Crippen LogP contribution is -2.08. The number of rotatable bonds is 3. The molecule has 80 valence electrons. The van der Waals surface area contributed by atoms with E-state index in [9.17, 15) is 9.90 Å². The Kier molecular flexibility index (Phi) is 2.55. The molecule has 1 aromatic carbocycles. The first-order chi connectivity index (χ1) is 7.74. The summed E-state index contributed by atoms with van der Waals surface area (Å²) in [5.41, 5.74) is 1.76. The van der Waals surface area contributed by atoms with Crippen molar-refractivity contribution in [2.24, 2.45) is 0 Å². The van der Waals surface area contributed by atoms with Gasteiger partial charge in [0.1, 0.15) is 5.75 Å². The monoisotopic (exact) mass is 214 g/mol. The molecule has 0 spiro atoms. The highest BCUT2D eigenvalue weighted by atomic mass is 16.3. The number of nitrogens with one attached hydrogen (secondary N) is 1. The van der Waals surface area contributed by atoms with Crippen LogP contribution in [0, 0.1) is 0 Å². The zero-order chi connectivity index (χ0) is 11.5. The molecule has 2 N–H and O–H groups in total. The Morgan fingerprint density at radius 3 is 3.00 bits per heavy atom. The van der Waals surface area contributed by atoms with Gasteiger partial charge in [0.2, 0.25) is 6.41 Å². The topological polar surface area (TPSA) is 62.2 Å². The van der Waals surface area contributed by atoms with Crippen LogP contribution in [0.4, 0.5) is 0 Å². The Bertz CT molecular complexity index is 559. The number of hydrogen-bond acceptors (Lipinski definition) is 3. The number of carbonyl (C=O) groups is 1. The standard InChI is InChI=1S/C12H10N2O2/c1-8(14-7-15)9-5-6-13-10-3-2-4-11(16)12(9)10/h2-7,16H,1H2,(H,14,15). The smallest absolute Gasteiger partial charge is 0.211 e. The van der Waals surface area contributed by atoms with Crippen LogP contribution in [0.1, 0.15) is 5.56 Å². The highest BCUT2D eigenvalue weighted by Crippen LogP contribution is 2.28. The van der Waals surface area contributed by atoms with Gasteiger partial charge in [-0.25, -0.2) is 0 Å². The van der Waals surface area contributed by atoms with Gasteiger partial charge in [0.25, 0.3) is 0 Å². The van der Waals surface area contributed by atoms with Gasteiger partial charge in [0.05, 0.1) is 10.9 Å². The maximum absolute atomic E-state index is 10.4. The molecule has 2 aromatic rings. The van der Waals surface area contributed by atoms with Crippen molar-refractivity contribution in [2.45, 2.75) is 0 Å². The van der Waals surface area contributed by atoms with E-state index in [1.54, 1.807) is 30.5 Å². The number of nitrogens with zero attached hydrogens (tertiary/aromatic N) is 1. The molecule has 0 saturated heterocycles. The summed E-state index contributed by atoms with van der Waals surface area (Å²) in [6, 6.07) is 6.76. The second kappa shape index (κ2) is 4.02. The summed E-state index contributed by atoms with van der Waals surface area (Å²) in [6.07, 6.45) is 2.16. The first-order valence-electron chi connectivity index (χ1n) is 4.70. The molecule has 1 aromatic heterocycles. The number of aromatic nitrogens is 1.